The van der Waals surface area contributed by atoms with Gasteiger partial charge in [0, 0.05) is 34.5 Å². The van der Waals surface area contributed by atoms with Crippen molar-refractivity contribution >= 4 is 40.5 Å². The van der Waals surface area contributed by atoms with Crippen molar-refractivity contribution in [3.05, 3.63) is 57.6 Å². The molecule has 3 rings (SSSR count). The van der Waals surface area contributed by atoms with Gasteiger partial charge in [0.05, 0.1) is 6.42 Å². The van der Waals surface area contributed by atoms with E-state index in [1.807, 2.05) is 13.0 Å². The fraction of sp³-hybridized carbons (Fsp3) is 0.316. The minimum atomic E-state index is -0.0868. The lowest BCUT2D eigenvalue weighted by atomic mass is 10.1. The molecular weight excluding hydrogens is 343 g/mol. The van der Waals surface area contributed by atoms with Gasteiger partial charge in [-0.25, -0.2) is 0 Å². The topological polar surface area (TPSA) is 32.3 Å². The van der Waals surface area contributed by atoms with Crippen molar-refractivity contribution < 1.29 is 4.79 Å². The molecule has 0 aromatic heterocycles. The minimum absolute atomic E-state index is 0.0868. The van der Waals surface area contributed by atoms with Crippen LogP contribution in [-0.2, 0) is 11.2 Å². The first-order chi connectivity index (χ1) is 11.5. The molecule has 1 fully saturated rings. The van der Waals surface area contributed by atoms with Crippen molar-refractivity contribution in [3.8, 4) is 0 Å². The standard InChI is InChI=1S/C19H20Cl2N2O/c1-13-10-16(23-8-2-3-9-23)6-7-18(13)22-19(24)11-14-4-5-15(20)12-17(14)21/h4-7,10,12H,2-3,8-9,11H2,1H3,(H,22,24). The summed E-state index contributed by atoms with van der Waals surface area (Å²) >= 11 is 12.0. The van der Waals surface area contributed by atoms with E-state index in [0.29, 0.717) is 10.0 Å². The lowest BCUT2D eigenvalue weighted by molar-refractivity contribution is -0.115. The Morgan fingerprint density at radius 1 is 1.12 bits per heavy atom. The quantitative estimate of drug-likeness (QED) is 0.821. The average molecular weight is 363 g/mol. The third-order valence-corrected chi connectivity index (χ3v) is 4.91. The van der Waals surface area contributed by atoms with Crippen molar-refractivity contribution in [2.24, 2.45) is 0 Å². The van der Waals surface area contributed by atoms with Crippen LogP contribution in [0.4, 0.5) is 11.4 Å². The van der Waals surface area contributed by atoms with Crippen LogP contribution in [0.2, 0.25) is 10.0 Å². The predicted molar refractivity (Wildman–Crippen MR) is 101 cm³/mol. The summed E-state index contributed by atoms with van der Waals surface area (Å²) in [6, 6.07) is 11.4. The molecule has 126 valence electrons. The smallest absolute Gasteiger partial charge is 0.228 e. The molecule has 0 unspecified atom stereocenters. The monoisotopic (exact) mass is 362 g/mol. The zero-order valence-corrected chi connectivity index (χ0v) is 15.1. The molecule has 0 spiro atoms. The highest BCUT2D eigenvalue weighted by molar-refractivity contribution is 6.35. The summed E-state index contributed by atoms with van der Waals surface area (Å²) in [4.78, 5) is 14.7. The lowest BCUT2D eigenvalue weighted by Gasteiger charge is -2.19. The number of halogens is 2. The summed E-state index contributed by atoms with van der Waals surface area (Å²) < 4.78 is 0. The summed E-state index contributed by atoms with van der Waals surface area (Å²) in [7, 11) is 0. The molecule has 3 nitrogen and oxygen atoms in total. The van der Waals surface area contributed by atoms with Crippen LogP contribution in [0.25, 0.3) is 0 Å². The Labute approximate surface area is 152 Å². The third kappa shape index (κ3) is 4.03. The molecule has 0 bridgehead atoms. The molecule has 0 saturated carbocycles. The van der Waals surface area contributed by atoms with E-state index in [9.17, 15) is 4.79 Å². The summed E-state index contributed by atoms with van der Waals surface area (Å²) in [6.07, 6.45) is 2.72. The van der Waals surface area contributed by atoms with E-state index in [4.69, 9.17) is 23.2 Å². The molecule has 1 saturated heterocycles. The SMILES string of the molecule is Cc1cc(N2CCCC2)ccc1NC(=O)Cc1ccc(Cl)cc1Cl. The van der Waals surface area contributed by atoms with Gasteiger partial charge in [-0.3, -0.25) is 4.79 Å². The number of rotatable bonds is 4. The number of benzene rings is 2. The first kappa shape index (κ1) is 17.1. The van der Waals surface area contributed by atoms with E-state index in [1.54, 1.807) is 18.2 Å². The van der Waals surface area contributed by atoms with Gasteiger partial charge in [-0.1, -0.05) is 29.3 Å². The number of nitrogens with one attached hydrogen (secondary N) is 1. The van der Waals surface area contributed by atoms with Crippen LogP contribution in [0.1, 0.15) is 24.0 Å². The highest BCUT2D eigenvalue weighted by Crippen LogP contribution is 2.26. The summed E-state index contributed by atoms with van der Waals surface area (Å²) in [5, 5.41) is 4.05. The molecule has 1 aliphatic heterocycles. The molecule has 0 atom stereocenters. The fourth-order valence-corrected chi connectivity index (χ4v) is 3.47. The number of hydrogen-bond acceptors (Lipinski definition) is 2. The molecule has 5 heteroatoms. The van der Waals surface area contributed by atoms with Gasteiger partial charge in [-0.2, -0.15) is 0 Å². The van der Waals surface area contributed by atoms with E-state index in [0.717, 1.165) is 29.9 Å². The van der Waals surface area contributed by atoms with Gasteiger partial charge in [0.15, 0.2) is 0 Å². The van der Waals surface area contributed by atoms with E-state index in [-0.39, 0.29) is 12.3 Å². The molecular formula is C19H20Cl2N2O. The van der Waals surface area contributed by atoms with Gasteiger partial charge in [0.25, 0.3) is 0 Å². The molecule has 0 aliphatic carbocycles. The van der Waals surface area contributed by atoms with Crippen LogP contribution in [-0.4, -0.2) is 19.0 Å². The van der Waals surface area contributed by atoms with Crippen LogP contribution in [0, 0.1) is 6.92 Å². The summed E-state index contributed by atoms with van der Waals surface area (Å²) in [5.74, 6) is -0.0868. The van der Waals surface area contributed by atoms with Crippen LogP contribution in [0.5, 0.6) is 0 Å². The predicted octanol–water partition coefficient (Wildman–Crippen LogP) is 5.08. The molecule has 0 radical (unpaired) electrons. The Morgan fingerprint density at radius 3 is 2.54 bits per heavy atom. The van der Waals surface area contributed by atoms with E-state index < -0.39 is 0 Å². The second-order valence-electron chi connectivity index (χ2n) is 6.15. The number of amides is 1. The molecule has 2 aromatic rings. The molecule has 2 aromatic carbocycles. The highest BCUT2D eigenvalue weighted by Gasteiger charge is 2.14. The maximum atomic E-state index is 12.3. The van der Waals surface area contributed by atoms with Crippen molar-refractivity contribution in [2.75, 3.05) is 23.3 Å². The van der Waals surface area contributed by atoms with Gasteiger partial charge >= 0.3 is 0 Å². The van der Waals surface area contributed by atoms with Crippen LogP contribution in [0.15, 0.2) is 36.4 Å². The lowest BCUT2D eigenvalue weighted by Crippen LogP contribution is -2.18. The summed E-state index contributed by atoms with van der Waals surface area (Å²) in [5.41, 5.74) is 3.90. The second kappa shape index (κ2) is 7.45. The molecule has 1 heterocycles. The average Bonchev–Trinajstić information content (AvgIpc) is 3.06. The van der Waals surface area contributed by atoms with Crippen LogP contribution in [0.3, 0.4) is 0 Å². The molecule has 1 amide bonds. The van der Waals surface area contributed by atoms with Crippen molar-refractivity contribution in [1.82, 2.24) is 0 Å². The highest BCUT2D eigenvalue weighted by atomic mass is 35.5. The number of hydrogen-bond donors (Lipinski definition) is 1. The summed E-state index contributed by atoms with van der Waals surface area (Å²) in [6.45, 7) is 4.24. The zero-order chi connectivity index (χ0) is 17.1. The Morgan fingerprint density at radius 2 is 1.88 bits per heavy atom. The number of anilines is 2. The third-order valence-electron chi connectivity index (χ3n) is 4.32. The van der Waals surface area contributed by atoms with Gasteiger partial charge in [0.2, 0.25) is 5.91 Å². The van der Waals surface area contributed by atoms with Crippen LogP contribution < -0.4 is 10.2 Å². The number of nitrogens with zero attached hydrogens (tertiary/aromatic N) is 1. The minimum Gasteiger partial charge on any atom is -0.372 e. The van der Waals surface area contributed by atoms with Crippen molar-refractivity contribution in [3.63, 3.8) is 0 Å². The van der Waals surface area contributed by atoms with E-state index in [1.165, 1.54) is 18.5 Å². The van der Waals surface area contributed by atoms with Crippen LogP contribution >= 0.6 is 23.2 Å². The van der Waals surface area contributed by atoms with Gasteiger partial charge in [-0.15, -0.1) is 0 Å². The Hall–Kier alpha value is -1.71. The Balaban J connectivity index is 1.67. The van der Waals surface area contributed by atoms with Crippen molar-refractivity contribution in [2.45, 2.75) is 26.2 Å². The molecule has 1 aliphatic rings. The van der Waals surface area contributed by atoms with Crippen molar-refractivity contribution in [1.29, 1.82) is 0 Å². The Bertz CT molecular complexity index is 755. The second-order valence-corrected chi connectivity index (χ2v) is 7.00. The van der Waals surface area contributed by atoms with E-state index in [2.05, 4.69) is 22.3 Å². The molecule has 1 N–H and O–H groups in total. The van der Waals surface area contributed by atoms with Gasteiger partial charge in [0.1, 0.15) is 0 Å². The molecule has 24 heavy (non-hydrogen) atoms. The number of carbonyl (C=O) groups excluding carboxylic acids is 1. The normalized spacial score (nSPS) is 14.0. The largest absolute Gasteiger partial charge is 0.372 e. The first-order valence-corrected chi connectivity index (χ1v) is 8.88. The zero-order valence-electron chi connectivity index (χ0n) is 13.6. The van der Waals surface area contributed by atoms with E-state index >= 15 is 0 Å². The maximum Gasteiger partial charge on any atom is 0.228 e. The van der Waals surface area contributed by atoms with Gasteiger partial charge in [-0.05, 0) is 61.2 Å². The van der Waals surface area contributed by atoms with Gasteiger partial charge < -0.3 is 10.2 Å². The number of aryl methyl sites for hydroxylation is 1. The number of carbonyl (C=O) groups is 1. The fourth-order valence-electron chi connectivity index (χ4n) is 2.99. The first-order valence-electron chi connectivity index (χ1n) is 8.12. The maximum absolute atomic E-state index is 12.3. The Kier molecular flexibility index (Phi) is 5.32.